The van der Waals surface area contributed by atoms with Crippen LogP contribution in [0.15, 0.2) is 35.2 Å². The summed E-state index contributed by atoms with van der Waals surface area (Å²) in [7, 11) is -0.211. The first-order valence-corrected chi connectivity index (χ1v) is 5.48. The third-order valence-corrected chi connectivity index (χ3v) is 3.35. The van der Waals surface area contributed by atoms with Crippen molar-refractivity contribution in [3.8, 4) is 0 Å². The molecule has 0 aliphatic carbocycles. The van der Waals surface area contributed by atoms with E-state index in [1.54, 1.807) is 30.3 Å². The molecule has 1 aromatic carbocycles. The van der Waals surface area contributed by atoms with Crippen LogP contribution in [0.2, 0.25) is 0 Å². The Balaban J connectivity index is 0.000000583. The van der Waals surface area contributed by atoms with E-state index < -0.39 is 10.0 Å². The fourth-order valence-corrected chi connectivity index (χ4v) is 1.73. The average molecular weight is 230 g/mol. The van der Waals surface area contributed by atoms with Gasteiger partial charge in [0.15, 0.2) is 0 Å². The van der Waals surface area contributed by atoms with Gasteiger partial charge in [0, 0.05) is 14.1 Å². The van der Waals surface area contributed by atoms with Crippen LogP contribution in [0.5, 0.6) is 0 Å². The summed E-state index contributed by atoms with van der Waals surface area (Å²) in [5.74, 6) is 0. The number of rotatable bonds is 2. The van der Waals surface area contributed by atoms with E-state index in [1.807, 2.05) is 0 Å². The van der Waals surface area contributed by atoms with Gasteiger partial charge in [0.1, 0.15) is 0 Å². The Kier molecular flexibility index (Phi) is 6.18. The lowest BCUT2D eigenvalue weighted by Crippen LogP contribution is -2.21. The molecule has 0 heterocycles. The predicted octanol–water partition coefficient (Wildman–Crippen LogP) is -0.558. The highest BCUT2D eigenvalue weighted by molar-refractivity contribution is 7.89. The van der Waals surface area contributed by atoms with E-state index in [0.717, 1.165) is 0 Å². The van der Waals surface area contributed by atoms with Gasteiger partial charge in [-0.3, -0.25) is 0 Å². The van der Waals surface area contributed by atoms with E-state index in [4.69, 9.17) is 10.0 Å². The quantitative estimate of drug-likeness (QED) is 0.667. The van der Waals surface area contributed by atoms with Crippen molar-refractivity contribution in [3.05, 3.63) is 30.3 Å². The van der Waals surface area contributed by atoms with Gasteiger partial charge in [0.2, 0.25) is 10.0 Å². The minimum absolute atomic E-state index is 0. The SMILES string of the molecule is CN(C)S(=O)(=O)c1ccccc1.O[B]O. The molecule has 83 valence electrons. The van der Waals surface area contributed by atoms with Crippen molar-refractivity contribution >= 4 is 17.7 Å². The van der Waals surface area contributed by atoms with Crippen LogP contribution in [-0.4, -0.2) is 44.6 Å². The molecule has 0 saturated heterocycles. The van der Waals surface area contributed by atoms with Crippen molar-refractivity contribution in [1.29, 1.82) is 0 Å². The Morgan fingerprint density at radius 1 is 1.13 bits per heavy atom. The lowest BCUT2D eigenvalue weighted by molar-refractivity contribution is 0.448. The molecule has 0 aromatic heterocycles. The van der Waals surface area contributed by atoms with Gasteiger partial charge < -0.3 is 10.0 Å². The molecule has 1 radical (unpaired) electrons. The maximum absolute atomic E-state index is 11.5. The summed E-state index contributed by atoms with van der Waals surface area (Å²) in [4.78, 5) is 0.329. The second kappa shape index (κ2) is 6.57. The minimum Gasteiger partial charge on any atom is -0.429 e. The van der Waals surface area contributed by atoms with Crippen LogP contribution in [0.25, 0.3) is 0 Å². The van der Waals surface area contributed by atoms with Crippen LogP contribution in [0.4, 0.5) is 0 Å². The molecule has 15 heavy (non-hydrogen) atoms. The Morgan fingerprint density at radius 2 is 1.53 bits per heavy atom. The van der Waals surface area contributed by atoms with Gasteiger partial charge in [-0.25, -0.2) is 12.7 Å². The average Bonchev–Trinajstić information content (AvgIpc) is 2.20. The minimum atomic E-state index is -3.24. The van der Waals surface area contributed by atoms with Gasteiger partial charge in [-0.15, -0.1) is 0 Å². The van der Waals surface area contributed by atoms with Gasteiger partial charge in [-0.1, -0.05) is 18.2 Å². The molecular formula is C8H13BNO4S. The number of nitrogens with zero attached hydrogens (tertiary/aromatic N) is 1. The van der Waals surface area contributed by atoms with E-state index >= 15 is 0 Å². The highest BCUT2D eigenvalue weighted by Crippen LogP contribution is 2.10. The molecular weight excluding hydrogens is 217 g/mol. The Bertz CT molecular complexity index is 365. The molecule has 0 atom stereocenters. The van der Waals surface area contributed by atoms with E-state index in [-0.39, 0.29) is 7.69 Å². The van der Waals surface area contributed by atoms with Crippen LogP contribution in [0, 0.1) is 0 Å². The van der Waals surface area contributed by atoms with Gasteiger partial charge in [-0.05, 0) is 12.1 Å². The molecule has 0 aliphatic heterocycles. The van der Waals surface area contributed by atoms with Crippen molar-refractivity contribution in [1.82, 2.24) is 4.31 Å². The van der Waals surface area contributed by atoms with Crippen LogP contribution in [-0.2, 0) is 10.0 Å². The molecule has 0 fully saturated rings. The molecule has 0 spiro atoms. The van der Waals surface area contributed by atoms with E-state index in [9.17, 15) is 8.42 Å². The molecule has 2 N–H and O–H groups in total. The normalized spacial score (nSPS) is 10.5. The van der Waals surface area contributed by atoms with E-state index in [1.165, 1.54) is 18.4 Å². The molecule has 0 bridgehead atoms. The van der Waals surface area contributed by atoms with Crippen LogP contribution in [0.1, 0.15) is 0 Å². The fourth-order valence-electron chi connectivity index (χ4n) is 0.803. The summed E-state index contributed by atoms with van der Waals surface area (Å²) in [6.45, 7) is 0. The van der Waals surface area contributed by atoms with Gasteiger partial charge >= 0.3 is 7.69 Å². The fraction of sp³-hybridized carbons (Fsp3) is 0.250. The molecule has 0 aliphatic rings. The van der Waals surface area contributed by atoms with Crippen LogP contribution < -0.4 is 0 Å². The van der Waals surface area contributed by atoms with Crippen molar-refractivity contribution in [2.45, 2.75) is 4.90 Å². The van der Waals surface area contributed by atoms with Crippen molar-refractivity contribution < 1.29 is 18.5 Å². The molecule has 1 rings (SSSR count). The van der Waals surface area contributed by atoms with Gasteiger partial charge in [0.25, 0.3) is 0 Å². The first-order valence-electron chi connectivity index (χ1n) is 4.04. The second-order valence-corrected chi connectivity index (χ2v) is 4.87. The predicted molar refractivity (Wildman–Crippen MR) is 57.5 cm³/mol. The van der Waals surface area contributed by atoms with E-state index in [0.29, 0.717) is 4.90 Å². The maximum atomic E-state index is 11.5. The number of sulfonamides is 1. The van der Waals surface area contributed by atoms with Crippen LogP contribution in [0.3, 0.4) is 0 Å². The highest BCUT2D eigenvalue weighted by atomic mass is 32.2. The molecule has 5 nitrogen and oxygen atoms in total. The first-order chi connectivity index (χ1) is 6.96. The third kappa shape index (κ3) is 4.43. The monoisotopic (exact) mass is 230 g/mol. The molecule has 0 amide bonds. The molecule has 1 aromatic rings. The Labute approximate surface area is 90.3 Å². The molecule has 0 unspecified atom stereocenters. The summed E-state index contributed by atoms with van der Waals surface area (Å²) in [6, 6.07) is 8.35. The summed E-state index contributed by atoms with van der Waals surface area (Å²) >= 11 is 0. The lowest BCUT2D eigenvalue weighted by Gasteiger charge is -2.10. The topological polar surface area (TPSA) is 77.8 Å². The summed E-state index contributed by atoms with van der Waals surface area (Å²) < 4.78 is 24.1. The van der Waals surface area contributed by atoms with E-state index in [2.05, 4.69) is 0 Å². The number of benzene rings is 1. The summed E-state index contributed by atoms with van der Waals surface area (Å²) in [6.07, 6.45) is 0. The third-order valence-electron chi connectivity index (χ3n) is 1.52. The lowest BCUT2D eigenvalue weighted by atomic mass is 10.4. The largest absolute Gasteiger partial charge is 0.482 e. The number of hydrogen-bond acceptors (Lipinski definition) is 4. The zero-order chi connectivity index (χ0) is 11.9. The summed E-state index contributed by atoms with van der Waals surface area (Å²) in [5.41, 5.74) is 0. The zero-order valence-electron chi connectivity index (χ0n) is 8.53. The Hall–Kier alpha value is -0.885. The standard InChI is InChI=1S/C8H11NO2S.BH2O2/c1-9(2)12(10,11)8-6-4-3-5-7-8;2-1-3/h3-7H,1-2H3;2-3H. The van der Waals surface area contributed by atoms with Gasteiger partial charge in [-0.2, -0.15) is 0 Å². The molecule has 7 heteroatoms. The second-order valence-electron chi connectivity index (χ2n) is 2.72. The van der Waals surface area contributed by atoms with Crippen LogP contribution >= 0.6 is 0 Å². The summed E-state index contributed by atoms with van der Waals surface area (Å²) in [5, 5.41) is 14.0. The van der Waals surface area contributed by atoms with Crippen molar-refractivity contribution in [3.63, 3.8) is 0 Å². The van der Waals surface area contributed by atoms with Gasteiger partial charge in [0.05, 0.1) is 4.90 Å². The van der Waals surface area contributed by atoms with Crippen molar-refractivity contribution in [2.24, 2.45) is 0 Å². The highest BCUT2D eigenvalue weighted by Gasteiger charge is 2.15. The smallest absolute Gasteiger partial charge is 0.429 e. The first kappa shape index (κ1) is 14.1. The Morgan fingerprint density at radius 3 is 1.87 bits per heavy atom. The zero-order valence-corrected chi connectivity index (χ0v) is 9.35. The maximum Gasteiger partial charge on any atom is 0.482 e. The number of hydrogen-bond donors (Lipinski definition) is 2. The van der Waals surface area contributed by atoms with Crippen molar-refractivity contribution in [2.75, 3.05) is 14.1 Å². The molecule has 0 saturated carbocycles.